The van der Waals surface area contributed by atoms with Crippen LogP contribution in [0.5, 0.6) is 5.75 Å². The number of amides is 2. The van der Waals surface area contributed by atoms with Gasteiger partial charge in [0.05, 0.1) is 24.9 Å². The van der Waals surface area contributed by atoms with Crippen LogP contribution in [0.4, 0.5) is 29.3 Å². The van der Waals surface area contributed by atoms with E-state index in [0.29, 0.717) is 25.2 Å². The average molecular weight is 479 g/mol. The van der Waals surface area contributed by atoms with E-state index in [2.05, 4.69) is 10.6 Å². The molecule has 2 aromatic carbocycles. The Labute approximate surface area is 195 Å². The standard InChI is InChI=1S/C24H28F3N3O4/c1-34-21-17(22(32)24(25,26)27)12-15(30-9-5-2-6-10-30)13-19(21)29-23(33)28-18-11-14-7-3-4-8-16(14)20(18)31/h3-4,7-8,12-13,18,20,22,31-32H,2,5-6,9-11H2,1H3,(H2,28,29,33)/t18-,20+,22+/m1/s1. The van der Waals surface area contributed by atoms with Crippen molar-refractivity contribution in [3.05, 3.63) is 53.1 Å². The zero-order valence-electron chi connectivity index (χ0n) is 18.7. The second kappa shape index (κ2) is 9.71. The van der Waals surface area contributed by atoms with Gasteiger partial charge in [-0.25, -0.2) is 4.79 Å². The fraction of sp³-hybridized carbons (Fsp3) is 0.458. The van der Waals surface area contributed by atoms with Gasteiger partial charge in [-0.15, -0.1) is 0 Å². The van der Waals surface area contributed by atoms with E-state index in [1.165, 1.54) is 13.2 Å². The highest BCUT2D eigenvalue weighted by Crippen LogP contribution is 2.43. The van der Waals surface area contributed by atoms with Crippen LogP contribution in [0.25, 0.3) is 0 Å². The number of halogens is 3. The molecule has 0 spiro atoms. The number of fused-ring (bicyclic) bond motifs is 1. The summed E-state index contributed by atoms with van der Waals surface area (Å²) in [4.78, 5) is 14.7. The minimum atomic E-state index is -4.91. The number of hydrogen-bond donors (Lipinski definition) is 4. The third-order valence-electron chi connectivity index (χ3n) is 6.39. The topological polar surface area (TPSA) is 94.1 Å². The summed E-state index contributed by atoms with van der Waals surface area (Å²) in [5.74, 6) is -0.268. The van der Waals surface area contributed by atoms with Crippen molar-refractivity contribution >= 4 is 17.4 Å². The quantitative estimate of drug-likeness (QED) is 0.519. The molecule has 0 aromatic heterocycles. The first-order chi connectivity index (χ1) is 16.2. The second-order valence-electron chi connectivity index (χ2n) is 8.66. The molecule has 0 saturated carbocycles. The molecule has 0 unspecified atom stereocenters. The Bertz CT molecular complexity index is 1040. The molecule has 2 aromatic rings. The molecular weight excluding hydrogens is 451 g/mol. The van der Waals surface area contributed by atoms with Crippen LogP contribution < -0.4 is 20.3 Å². The number of nitrogens with zero attached hydrogens (tertiary/aromatic N) is 1. The Balaban J connectivity index is 1.61. The number of benzene rings is 2. The first-order valence-corrected chi connectivity index (χ1v) is 11.2. The zero-order valence-corrected chi connectivity index (χ0v) is 18.7. The fourth-order valence-electron chi connectivity index (χ4n) is 4.70. The van der Waals surface area contributed by atoms with Gasteiger partial charge < -0.3 is 30.5 Å². The largest absolute Gasteiger partial charge is 0.494 e. The number of anilines is 2. The number of ether oxygens (including phenoxy) is 1. The normalized spacial score (nSPS) is 21.1. The summed E-state index contributed by atoms with van der Waals surface area (Å²) in [6, 6.07) is 8.84. The van der Waals surface area contributed by atoms with Crippen LogP contribution in [0.15, 0.2) is 36.4 Å². The first-order valence-electron chi connectivity index (χ1n) is 11.2. The van der Waals surface area contributed by atoms with E-state index in [9.17, 15) is 28.2 Å². The number of alkyl halides is 3. The minimum Gasteiger partial charge on any atom is -0.494 e. The summed E-state index contributed by atoms with van der Waals surface area (Å²) < 4.78 is 45.5. The summed E-state index contributed by atoms with van der Waals surface area (Å²) in [7, 11) is 1.18. The molecule has 1 aliphatic heterocycles. The number of urea groups is 1. The number of methoxy groups -OCH3 is 1. The Morgan fingerprint density at radius 1 is 1.18 bits per heavy atom. The van der Waals surface area contributed by atoms with Crippen molar-refractivity contribution in [3.63, 3.8) is 0 Å². The maximum absolute atomic E-state index is 13.4. The zero-order chi connectivity index (χ0) is 24.5. The van der Waals surface area contributed by atoms with Crippen LogP contribution in [-0.2, 0) is 6.42 Å². The van der Waals surface area contributed by atoms with E-state index < -0.39 is 36.0 Å². The number of aliphatic hydroxyl groups is 2. The Morgan fingerprint density at radius 3 is 2.53 bits per heavy atom. The van der Waals surface area contributed by atoms with Crippen molar-refractivity contribution in [1.82, 2.24) is 5.32 Å². The van der Waals surface area contributed by atoms with Gasteiger partial charge in [-0.05, 0) is 48.9 Å². The van der Waals surface area contributed by atoms with Gasteiger partial charge in [-0.2, -0.15) is 13.2 Å². The molecule has 1 saturated heterocycles. The molecule has 4 N–H and O–H groups in total. The molecule has 0 radical (unpaired) electrons. The third kappa shape index (κ3) is 4.92. The Kier molecular flexibility index (Phi) is 6.90. The van der Waals surface area contributed by atoms with E-state index in [1.807, 2.05) is 17.0 Å². The molecule has 2 amide bonds. The number of carbonyl (C=O) groups excluding carboxylic acids is 1. The molecular formula is C24H28F3N3O4. The van der Waals surface area contributed by atoms with Crippen LogP contribution >= 0.6 is 0 Å². The van der Waals surface area contributed by atoms with Gasteiger partial charge in [0.2, 0.25) is 0 Å². The summed E-state index contributed by atoms with van der Waals surface area (Å²) >= 11 is 0. The lowest BCUT2D eigenvalue weighted by Gasteiger charge is -2.31. The molecule has 7 nitrogen and oxygen atoms in total. The van der Waals surface area contributed by atoms with E-state index in [-0.39, 0.29) is 11.4 Å². The highest BCUT2D eigenvalue weighted by molar-refractivity contribution is 5.92. The monoisotopic (exact) mass is 479 g/mol. The van der Waals surface area contributed by atoms with Crippen LogP contribution in [-0.4, -0.2) is 48.7 Å². The van der Waals surface area contributed by atoms with Crippen LogP contribution in [0, 0.1) is 0 Å². The fourth-order valence-corrected chi connectivity index (χ4v) is 4.70. The summed E-state index contributed by atoms with van der Waals surface area (Å²) in [6.45, 7) is 1.32. The molecule has 1 heterocycles. The SMILES string of the molecule is COc1c(NC(=O)N[C@@H]2Cc3ccccc3[C@@H]2O)cc(N2CCCCC2)cc1[C@H](O)C(F)(F)F. The highest BCUT2D eigenvalue weighted by atomic mass is 19.4. The van der Waals surface area contributed by atoms with Crippen LogP contribution in [0.3, 0.4) is 0 Å². The number of rotatable bonds is 5. The maximum Gasteiger partial charge on any atom is 0.418 e. The van der Waals surface area contributed by atoms with Gasteiger partial charge in [0.25, 0.3) is 0 Å². The maximum atomic E-state index is 13.4. The molecule has 10 heteroatoms. The number of aliphatic hydroxyl groups excluding tert-OH is 2. The van der Waals surface area contributed by atoms with E-state index >= 15 is 0 Å². The van der Waals surface area contributed by atoms with Crippen molar-refractivity contribution in [2.75, 3.05) is 30.4 Å². The lowest BCUT2D eigenvalue weighted by atomic mass is 10.0. The molecule has 3 atom stereocenters. The lowest BCUT2D eigenvalue weighted by Crippen LogP contribution is -2.40. The lowest BCUT2D eigenvalue weighted by molar-refractivity contribution is -0.207. The summed E-state index contributed by atoms with van der Waals surface area (Å²) in [5.41, 5.74) is 1.64. The van der Waals surface area contributed by atoms with Crippen LogP contribution in [0.1, 0.15) is 48.2 Å². The van der Waals surface area contributed by atoms with E-state index in [4.69, 9.17) is 4.74 Å². The third-order valence-corrected chi connectivity index (χ3v) is 6.39. The Hall–Kier alpha value is -2.98. The van der Waals surface area contributed by atoms with Gasteiger partial charge in [-0.3, -0.25) is 0 Å². The Morgan fingerprint density at radius 2 is 1.88 bits per heavy atom. The molecule has 184 valence electrons. The van der Waals surface area contributed by atoms with Gasteiger partial charge in [0.1, 0.15) is 5.75 Å². The molecule has 0 bridgehead atoms. The predicted molar refractivity (Wildman–Crippen MR) is 121 cm³/mol. The smallest absolute Gasteiger partial charge is 0.418 e. The first kappa shape index (κ1) is 24.2. The van der Waals surface area contributed by atoms with Crippen molar-refractivity contribution in [2.45, 2.75) is 50.1 Å². The number of carbonyl (C=O) groups is 1. The average Bonchev–Trinajstić information content (AvgIpc) is 3.13. The summed E-state index contributed by atoms with van der Waals surface area (Å²) in [5, 5.41) is 25.8. The second-order valence-corrected chi connectivity index (χ2v) is 8.66. The molecule has 4 rings (SSSR count). The molecule has 34 heavy (non-hydrogen) atoms. The van der Waals surface area contributed by atoms with Crippen molar-refractivity contribution < 1.29 is 32.9 Å². The minimum absolute atomic E-state index is 0.00590. The predicted octanol–water partition coefficient (Wildman–Crippen LogP) is 4.06. The molecule has 1 aliphatic carbocycles. The van der Waals surface area contributed by atoms with E-state index in [0.717, 1.165) is 30.4 Å². The number of nitrogens with one attached hydrogen (secondary N) is 2. The molecule has 1 fully saturated rings. The van der Waals surface area contributed by atoms with Gasteiger partial charge in [0.15, 0.2) is 6.10 Å². The summed E-state index contributed by atoms with van der Waals surface area (Å²) in [6.07, 6.45) is -5.34. The van der Waals surface area contributed by atoms with E-state index in [1.54, 1.807) is 18.2 Å². The van der Waals surface area contributed by atoms with Crippen molar-refractivity contribution in [2.24, 2.45) is 0 Å². The van der Waals surface area contributed by atoms with Crippen molar-refractivity contribution in [1.29, 1.82) is 0 Å². The van der Waals surface area contributed by atoms with Crippen LogP contribution in [0.2, 0.25) is 0 Å². The van der Waals surface area contributed by atoms with Gasteiger partial charge in [0, 0.05) is 24.3 Å². The number of piperidine rings is 1. The molecule has 2 aliphatic rings. The highest BCUT2D eigenvalue weighted by Gasteiger charge is 2.42. The van der Waals surface area contributed by atoms with Gasteiger partial charge >= 0.3 is 12.2 Å². The van der Waals surface area contributed by atoms with Gasteiger partial charge in [-0.1, -0.05) is 24.3 Å². The number of hydrogen-bond acceptors (Lipinski definition) is 5. The van der Waals surface area contributed by atoms with Crippen molar-refractivity contribution in [3.8, 4) is 5.75 Å².